The monoisotopic (exact) mass is 243 g/mol. The molecule has 9 nitrogen and oxygen atoms in total. The first kappa shape index (κ1) is 13.1. The molecule has 0 unspecified atom stereocenters. The van der Waals surface area contributed by atoms with Crippen LogP contribution in [0.3, 0.4) is 0 Å². The molecule has 0 aliphatic carbocycles. The SMILES string of the molecule is [N-]=[N+]=NCCCC(=O)O[N+]1(O)C(=O)CCC1=O. The molecule has 0 radical (unpaired) electrons. The lowest BCUT2D eigenvalue weighted by Gasteiger charge is -2.15. The van der Waals surface area contributed by atoms with Crippen molar-refractivity contribution in [2.24, 2.45) is 5.11 Å². The van der Waals surface area contributed by atoms with Crippen LogP contribution in [0.4, 0.5) is 0 Å². The van der Waals surface area contributed by atoms with Crippen LogP contribution in [-0.2, 0) is 19.2 Å². The van der Waals surface area contributed by atoms with Crippen LogP contribution in [0.1, 0.15) is 25.7 Å². The number of hydrogen-bond acceptors (Lipinski definition) is 6. The number of hydroxylamine groups is 4. The quantitative estimate of drug-likeness (QED) is 0.144. The second kappa shape index (κ2) is 5.39. The molecule has 0 atom stereocenters. The Hall–Kier alpha value is -1.96. The van der Waals surface area contributed by atoms with E-state index in [9.17, 15) is 19.6 Å². The minimum absolute atomic E-state index is 0.0962. The van der Waals surface area contributed by atoms with E-state index in [1.807, 2.05) is 0 Å². The summed E-state index contributed by atoms with van der Waals surface area (Å²) in [4.78, 5) is 38.6. The first-order valence-corrected chi connectivity index (χ1v) is 4.92. The van der Waals surface area contributed by atoms with Gasteiger partial charge in [-0.3, -0.25) is 0 Å². The lowest BCUT2D eigenvalue weighted by atomic mass is 10.3. The van der Waals surface area contributed by atoms with Gasteiger partial charge in [-0.2, -0.15) is 5.21 Å². The summed E-state index contributed by atoms with van der Waals surface area (Å²) in [5.41, 5.74) is 7.98. The van der Waals surface area contributed by atoms with Crippen LogP contribution in [0, 0.1) is 0 Å². The minimum Gasteiger partial charge on any atom is -0.245 e. The second-order valence-electron chi connectivity index (χ2n) is 3.38. The second-order valence-corrected chi connectivity index (χ2v) is 3.38. The van der Waals surface area contributed by atoms with Gasteiger partial charge in [0.2, 0.25) is 0 Å². The molecule has 1 rings (SSSR count). The average Bonchev–Trinajstić information content (AvgIpc) is 2.53. The third-order valence-corrected chi connectivity index (χ3v) is 2.17. The summed E-state index contributed by atoms with van der Waals surface area (Å²) in [5.74, 6) is -2.62. The number of azide groups is 1. The Morgan fingerprint density at radius 2 is 2.06 bits per heavy atom. The zero-order valence-corrected chi connectivity index (χ0v) is 8.90. The standard InChI is InChI=1S/C8H11N4O5/c9-11-10-5-1-2-8(15)17-12(16)6(13)3-4-7(12)14/h16H,1-5H2/q+1. The zero-order valence-electron chi connectivity index (χ0n) is 8.90. The van der Waals surface area contributed by atoms with Crippen LogP contribution in [0.2, 0.25) is 0 Å². The van der Waals surface area contributed by atoms with Crippen LogP contribution in [0.15, 0.2) is 5.11 Å². The largest absolute Gasteiger partial charge is 0.397 e. The Labute approximate surface area is 95.7 Å². The lowest BCUT2D eigenvalue weighted by Crippen LogP contribution is -2.50. The van der Waals surface area contributed by atoms with Crippen LogP contribution in [0.5, 0.6) is 0 Å². The number of carbonyl (C=O) groups is 3. The molecule has 0 aromatic carbocycles. The fourth-order valence-electron chi connectivity index (χ4n) is 1.29. The summed E-state index contributed by atoms with van der Waals surface area (Å²) < 4.78 is 0. The Bertz CT molecular complexity index is 385. The van der Waals surface area contributed by atoms with Crippen molar-refractivity contribution in [2.45, 2.75) is 25.7 Å². The van der Waals surface area contributed by atoms with Gasteiger partial charge in [0.1, 0.15) is 4.81 Å². The summed E-state index contributed by atoms with van der Waals surface area (Å²) in [7, 11) is 0. The molecule has 0 aromatic heterocycles. The van der Waals surface area contributed by atoms with Crippen molar-refractivity contribution in [3.05, 3.63) is 10.4 Å². The van der Waals surface area contributed by atoms with Crippen LogP contribution < -0.4 is 0 Å². The van der Waals surface area contributed by atoms with Gasteiger partial charge in [0.25, 0.3) is 0 Å². The number of quaternary nitrogens is 1. The molecular formula is C8H11N4O5+. The Kier molecular flexibility index (Phi) is 4.16. The highest BCUT2D eigenvalue weighted by Crippen LogP contribution is 2.21. The highest BCUT2D eigenvalue weighted by molar-refractivity contribution is 5.91. The van der Waals surface area contributed by atoms with Crippen LogP contribution >= 0.6 is 0 Å². The fraction of sp³-hybridized carbons (Fsp3) is 0.625. The number of amides is 2. The van der Waals surface area contributed by atoms with Gasteiger partial charge in [-0.25, -0.2) is 19.2 Å². The van der Waals surface area contributed by atoms with Gasteiger partial charge in [0, 0.05) is 11.5 Å². The van der Waals surface area contributed by atoms with E-state index >= 15 is 0 Å². The summed E-state index contributed by atoms with van der Waals surface area (Å²) >= 11 is 0. The molecule has 0 bridgehead atoms. The summed E-state index contributed by atoms with van der Waals surface area (Å²) in [6, 6.07) is 0. The van der Waals surface area contributed by atoms with E-state index < -0.39 is 22.6 Å². The minimum atomic E-state index is -1.90. The molecule has 1 saturated heterocycles. The van der Waals surface area contributed by atoms with Gasteiger partial charge in [0.15, 0.2) is 0 Å². The molecule has 0 saturated carbocycles. The van der Waals surface area contributed by atoms with E-state index in [-0.39, 0.29) is 32.2 Å². The van der Waals surface area contributed by atoms with Gasteiger partial charge >= 0.3 is 17.8 Å². The first-order chi connectivity index (χ1) is 8.00. The number of carbonyl (C=O) groups excluding carboxylic acids is 3. The fourth-order valence-corrected chi connectivity index (χ4v) is 1.29. The summed E-state index contributed by atoms with van der Waals surface area (Å²) in [6.45, 7) is 0.0962. The number of imide groups is 1. The predicted octanol–water partition coefficient (Wildman–Crippen LogP) is 0.588. The lowest BCUT2D eigenvalue weighted by molar-refractivity contribution is -1.12. The maximum Gasteiger partial charge on any atom is 0.397 e. The molecule has 1 aliphatic heterocycles. The topological polar surface area (TPSA) is 129 Å². The molecule has 17 heavy (non-hydrogen) atoms. The molecule has 9 heteroatoms. The van der Waals surface area contributed by atoms with Crippen LogP contribution in [0.25, 0.3) is 10.4 Å². The van der Waals surface area contributed by atoms with Gasteiger partial charge in [-0.15, -0.1) is 0 Å². The maximum absolute atomic E-state index is 11.2. The van der Waals surface area contributed by atoms with Crippen molar-refractivity contribution < 1.29 is 29.2 Å². The highest BCUT2D eigenvalue weighted by atomic mass is 17.0. The van der Waals surface area contributed by atoms with Crippen molar-refractivity contribution in [1.29, 1.82) is 0 Å². The molecule has 1 N–H and O–H groups in total. The molecular weight excluding hydrogens is 232 g/mol. The number of hydrogen-bond donors (Lipinski definition) is 1. The van der Waals surface area contributed by atoms with Crippen molar-refractivity contribution in [3.8, 4) is 0 Å². The molecule has 0 spiro atoms. The van der Waals surface area contributed by atoms with Gasteiger partial charge in [-0.1, -0.05) is 5.11 Å². The Morgan fingerprint density at radius 1 is 1.47 bits per heavy atom. The maximum atomic E-state index is 11.2. The van der Waals surface area contributed by atoms with Gasteiger partial charge in [-0.05, 0) is 12.0 Å². The third-order valence-electron chi connectivity index (χ3n) is 2.17. The van der Waals surface area contributed by atoms with E-state index in [1.54, 1.807) is 0 Å². The van der Waals surface area contributed by atoms with E-state index in [2.05, 4.69) is 14.9 Å². The molecule has 1 fully saturated rings. The Balaban J connectivity index is 2.47. The summed E-state index contributed by atoms with van der Waals surface area (Å²) in [5, 5.41) is 12.7. The molecule has 92 valence electrons. The van der Waals surface area contributed by atoms with Gasteiger partial charge < -0.3 is 0 Å². The van der Waals surface area contributed by atoms with Crippen LogP contribution in [-0.4, -0.2) is 34.3 Å². The first-order valence-electron chi connectivity index (χ1n) is 4.92. The predicted molar refractivity (Wildman–Crippen MR) is 50.6 cm³/mol. The zero-order chi connectivity index (χ0) is 12.9. The van der Waals surface area contributed by atoms with Gasteiger partial charge in [0.05, 0.1) is 19.3 Å². The van der Waals surface area contributed by atoms with Crippen molar-refractivity contribution in [2.75, 3.05) is 6.54 Å². The highest BCUT2D eigenvalue weighted by Gasteiger charge is 2.55. The Morgan fingerprint density at radius 3 is 2.59 bits per heavy atom. The van der Waals surface area contributed by atoms with E-state index in [0.29, 0.717) is 0 Å². The number of nitrogens with zero attached hydrogens (tertiary/aromatic N) is 4. The third kappa shape index (κ3) is 3.00. The smallest absolute Gasteiger partial charge is 0.245 e. The number of rotatable bonds is 5. The normalized spacial score (nSPS) is 17.7. The average molecular weight is 243 g/mol. The van der Waals surface area contributed by atoms with E-state index in [1.165, 1.54) is 0 Å². The molecule has 2 amide bonds. The summed E-state index contributed by atoms with van der Waals surface area (Å²) in [6.07, 6.45) is -0.242. The molecule has 1 aliphatic rings. The molecule has 0 aromatic rings. The van der Waals surface area contributed by atoms with E-state index in [4.69, 9.17) is 5.53 Å². The van der Waals surface area contributed by atoms with Crippen molar-refractivity contribution in [3.63, 3.8) is 0 Å². The molecule has 1 heterocycles. The van der Waals surface area contributed by atoms with E-state index in [0.717, 1.165) is 0 Å². The van der Waals surface area contributed by atoms with Crippen molar-refractivity contribution in [1.82, 2.24) is 0 Å². The van der Waals surface area contributed by atoms with Crippen molar-refractivity contribution >= 4 is 17.8 Å².